The number of halogens is 1. The molecule has 0 aliphatic heterocycles. The summed E-state index contributed by atoms with van der Waals surface area (Å²) in [5.74, 6) is -0.139. The van der Waals surface area contributed by atoms with Crippen molar-refractivity contribution >= 4 is 49.6 Å². The van der Waals surface area contributed by atoms with Crippen molar-refractivity contribution in [2.45, 2.75) is 6.42 Å². The summed E-state index contributed by atoms with van der Waals surface area (Å²) in [4.78, 5) is 12.3. The first-order chi connectivity index (χ1) is 13.2. The van der Waals surface area contributed by atoms with Crippen LogP contribution in [0.1, 0.15) is 11.1 Å². The van der Waals surface area contributed by atoms with Gasteiger partial charge in [0, 0.05) is 4.47 Å². The predicted molar refractivity (Wildman–Crippen MR) is 115 cm³/mol. The molecule has 0 aliphatic rings. The third-order valence-electron chi connectivity index (χ3n) is 4.49. The van der Waals surface area contributed by atoms with Gasteiger partial charge in [-0.05, 0) is 44.8 Å². The third-order valence-corrected chi connectivity index (χ3v) is 5.18. The summed E-state index contributed by atoms with van der Waals surface area (Å²) in [5, 5.41) is 8.61. The lowest BCUT2D eigenvalue weighted by Crippen LogP contribution is -2.19. The molecule has 3 nitrogen and oxygen atoms in total. The second kappa shape index (κ2) is 7.72. The van der Waals surface area contributed by atoms with Crippen LogP contribution in [0.4, 0.5) is 0 Å². The molecule has 0 bridgehead atoms. The number of hydrogen-bond donors (Lipinski definition) is 1. The minimum absolute atomic E-state index is 0.139. The molecule has 0 saturated heterocycles. The number of hydrogen-bond acceptors (Lipinski definition) is 2. The summed E-state index contributed by atoms with van der Waals surface area (Å²) in [5.41, 5.74) is 4.55. The molecule has 4 rings (SSSR count). The van der Waals surface area contributed by atoms with Gasteiger partial charge < -0.3 is 0 Å². The SMILES string of the molecule is O=C(Cc1ccc(Br)c2ccccc12)N/N=C/c1ccc2ccccc2c1. The summed E-state index contributed by atoms with van der Waals surface area (Å²) < 4.78 is 1.02. The molecule has 0 fully saturated rings. The van der Waals surface area contributed by atoms with Gasteiger partial charge in [0.05, 0.1) is 12.6 Å². The maximum absolute atomic E-state index is 12.3. The van der Waals surface area contributed by atoms with E-state index in [0.29, 0.717) is 0 Å². The van der Waals surface area contributed by atoms with Crippen LogP contribution < -0.4 is 5.43 Å². The highest BCUT2D eigenvalue weighted by Gasteiger charge is 2.08. The lowest BCUT2D eigenvalue weighted by atomic mass is 10.0. The summed E-state index contributed by atoms with van der Waals surface area (Å²) in [6.45, 7) is 0. The number of hydrazone groups is 1. The first kappa shape index (κ1) is 17.4. The van der Waals surface area contributed by atoms with Crippen molar-refractivity contribution < 1.29 is 4.79 Å². The fourth-order valence-electron chi connectivity index (χ4n) is 3.16. The molecule has 0 spiro atoms. The Balaban J connectivity index is 1.46. The van der Waals surface area contributed by atoms with Crippen molar-refractivity contribution in [2.24, 2.45) is 5.10 Å². The van der Waals surface area contributed by atoms with Gasteiger partial charge in [-0.15, -0.1) is 0 Å². The molecule has 0 radical (unpaired) electrons. The van der Waals surface area contributed by atoms with E-state index < -0.39 is 0 Å². The van der Waals surface area contributed by atoms with E-state index >= 15 is 0 Å². The summed E-state index contributed by atoms with van der Waals surface area (Å²) in [7, 11) is 0. The van der Waals surface area contributed by atoms with E-state index in [9.17, 15) is 4.79 Å². The van der Waals surface area contributed by atoms with Crippen molar-refractivity contribution in [2.75, 3.05) is 0 Å². The van der Waals surface area contributed by atoms with Crippen LogP contribution in [0.5, 0.6) is 0 Å². The highest BCUT2D eigenvalue weighted by atomic mass is 79.9. The Kier molecular flexibility index (Phi) is 4.99. The van der Waals surface area contributed by atoms with Gasteiger partial charge in [-0.3, -0.25) is 4.79 Å². The Morgan fingerprint density at radius 1 is 0.889 bits per heavy atom. The highest BCUT2D eigenvalue weighted by molar-refractivity contribution is 9.10. The number of amides is 1. The van der Waals surface area contributed by atoms with Crippen LogP contribution in [0, 0.1) is 0 Å². The Morgan fingerprint density at radius 3 is 2.48 bits per heavy atom. The number of carbonyl (C=O) groups excluding carboxylic acids is 1. The number of fused-ring (bicyclic) bond motifs is 2. The van der Waals surface area contributed by atoms with Gasteiger partial charge >= 0.3 is 0 Å². The van der Waals surface area contributed by atoms with Gasteiger partial charge in [-0.1, -0.05) is 82.7 Å². The Morgan fingerprint density at radius 2 is 1.63 bits per heavy atom. The van der Waals surface area contributed by atoms with Gasteiger partial charge in [0.2, 0.25) is 5.91 Å². The number of nitrogens with zero attached hydrogens (tertiary/aromatic N) is 1. The van der Waals surface area contributed by atoms with Crippen LogP contribution in [0.15, 0.2) is 88.4 Å². The normalized spacial score (nSPS) is 11.3. The zero-order valence-electron chi connectivity index (χ0n) is 14.5. The van der Waals surface area contributed by atoms with E-state index in [1.807, 2.05) is 66.7 Å². The molecule has 27 heavy (non-hydrogen) atoms. The Hall–Kier alpha value is -2.98. The zero-order valence-corrected chi connectivity index (χ0v) is 16.1. The second-order valence-electron chi connectivity index (χ2n) is 6.33. The topological polar surface area (TPSA) is 41.5 Å². The first-order valence-electron chi connectivity index (χ1n) is 8.67. The fraction of sp³-hybridized carbons (Fsp3) is 0.0435. The van der Waals surface area contributed by atoms with E-state index in [2.05, 4.69) is 38.6 Å². The molecule has 0 atom stereocenters. The van der Waals surface area contributed by atoms with Crippen molar-refractivity contribution in [3.8, 4) is 0 Å². The van der Waals surface area contributed by atoms with Gasteiger partial charge in [0.25, 0.3) is 0 Å². The smallest absolute Gasteiger partial charge is 0.244 e. The third kappa shape index (κ3) is 3.91. The average molecular weight is 417 g/mol. The lowest BCUT2D eigenvalue weighted by Gasteiger charge is -2.07. The number of benzene rings is 4. The van der Waals surface area contributed by atoms with E-state index in [0.717, 1.165) is 31.8 Å². The van der Waals surface area contributed by atoms with Crippen LogP contribution in [-0.4, -0.2) is 12.1 Å². The van der Waals surface area contributed by atoms with Crippen molar-refractivity contribution in [3.63, 3.8) is 0 Å². The van der Waals surface area contributed by atoms with E-state index in [-0.39, 0.29) is 12.3 Å². The van der Waals surface area contributed by atoms with Gasteiger partial charge in [-0.25, -0.2) is 5.43 Å². The van der Waals surface area contributed by atoms with Gasteiger partial charge in [0.1, 0.15) is 0 Å². The standard InChI is InChI=1S/C23H17BrN2O/c24-22-12-11-19(20-7-3-4-8-21(20)22)14-23(27)26-25-15-16-9-10-17-5-1-2-6-18(17)13-16/h1-13,15H,14H2,(H,26,27)/b25-15+. The van der Waals surface area contributed by atoms with Crippen molar-refractivity contribution in [1.29, 1.82) is 0 Å². The van der Waals surface area contributed by atoms with Crippen LogP contribution in [0.25, 0.3) is 21.5 Å². The first-order valence-corrected chi connectivity index (χ1v) is 9.47. The molecule has 132 valence electrons. The zero-order chi connectivity index (χ0) is 18.6. The van der Waals surface area contributed by atoms with Crippen LogP contribution in [0.2, 0.25) is 0 Å². The molecule has 0 aliphatic carbocycles. The van der Waals surface area contributed by atoms with E-state index in [1.54, 1.807) is 6.21 Å². The molecule has 1 N–H and O–H groups in total. The Labute approximate surface area is 165 Å². The average Bonchev–Trinajstić information content (AvgIpc) is 2.70. The van der Waals surface area contributed by atoms with Crippen molar-refractivity contribution in [3.05, 3.63) is 94.5 Å². The molecule has 0 unspecified atom stereocenters. The van der Waals surface area contributed by atoms with Crippen LogP contribution in [0.3, 0.4) is 0 Å². The number of rotatable bonds is 4. The molecule has 1 amide bonds. The maximum atomic E-state index is 12.3. The molecular weight excluding hydrogens is 400 g/mol. The largest absolute Gasteiger partial charge is 0.273 e. The molecular formula is C23H17BrN2O. The highest BCUT2D eigenvalue weighted by Crippen LogP contribution is 2.27. The molecule has 4 heteroatoms. The van der Waals surface area contributed by atoms with E-state index in [1.165, 1.54) is 5.39 Å². The molecule has 0 heterocycles. The predicted octanol–water partition coefficient (Wildman–Crippen LogP) is 5.45. The molecule has 0 saturated carbocycles. The second-order valence-corrected chi connectivity index (χ2v) is 7.18. The van der Waals surface area contributed by atoms with Crippen LogP contribution >= 0.6 is 15.9 Å². The van der Waals surface area contributed by atoms with Crippen LogP contribution in [-0.2, 0) is 11.2 Å². The monoisotopic (exact) mass is 416 g/mol. The quantitative estimate of drug-likeness (QED) is 0.348. The van der Waals surface area contributed by atoms with Gasteiger partial charge in [0.15, 0.2) is 0 Å². The summed E-state index contributed by atoms with van der Waals surface area (Å²) in [6.07, 6.45) is 1.95. The minimum atomic E-state index is -0.139. The Bertz CT molecular complexity index is 1170. The molecule has 0 aromatic heterocycles. The summed E-state index contributed by atoms with van der Waals surface area (Å²) in [6, 6.07) is 26.2. The fourth-order valence-corrected chi connectivity index (χ4v) is 3.64. The summed E-state index contributed by atoms with van der Waals surface area (Å²) >= 11 is 3.56. The lowest BCUT2D eigenvalue weighted by molar-refractivity contribution is -0.120. The maximum Gasteiger partial charge on any atom is 0.244 e. The molecule has 4 aromatic carbocycles. The van der Waals surface area contributed by atoms with Crippen molar-refractivity contribution in [1.82, 2.24) is 5.43 Å². The molecule has 4 aromatic rings. The van der Waals surface area contributed by atoms with Gasteiger partial charge in [-0.2, -0.15) is 5.10 Å². The van der Waals surface area contributed by atoms with E-state index in [4.69, 9.17) is 0 Å². The number of carbonyl (C=O) groups is 1. The minimum Gasteiger partial charge on any atom is -0.273 e. The number of nitrogens with one attached hydrogen (secondary N) is 1.